The molecule has 0 radical (unpaired) electrons. The van der Waals surface area contributed by atoms with Crippen molar-refractivity contribution in [3.63, 3.8) is 0 Å². The molecule has 0 unspecified atom stereocenters. The summed E-state index contributed by atoms with van der Waals surface area (Å²) in [6.07, 6.45) is 0.265. The van der Waals surface area contributed by atoms with Gasteiger partial charge in [-0.1, -0.05) is 0 Å². The van der Waals surface area contributed by atoms with Crippen molar-refractivity contribution in [2.45, 2.75) is 27.2 Å². The van der Waals surface area contributed by atoms with E-state index in [1.165, 1.54) is 0 Å². The van der Waals surface area contributed by atoms with Crippen molar-refractivity contribution in [2.75, 3.05) is 25.7 Å². The van der Waals surface area contributed by atoms with Crippen molar-refractivity contribution in [3.05, 3.63) is 17.7 Å². The van der Waals surface area contributed by atoms with Gasteiger partial charge in [-0.25, -0.2) is 0 Å². The predicted octanol–water partition coefficient (Wildman–Crippen LogP) is 3.69. The largest absolute Gasteiger partial charge is 0.490 e. The summed E-state index contributed by atoms with van der Waals surface area (Å²) in [4.78, 5) is 12.1. The van der Waals surface area contributed by atoms with Crippen LogP contribution in [-0.4, -0.2) is 31.5 Å². The van der Waals surface area contributed by atoms with Crippen molar-refractivity contribution in [1.82, 2.24) is 0 Å². The van der Waals surface area contributed by atoms with Gasteiger partial charge in [0, 0.05) is 12.3 Å². The number of Topliss-reactive ketones (excluding diaryl/α,β-unsaturated/α-hetero) is 1. The summed E-state index contributed by atoms with van der Waals surface area (Å²) in [6, 6.07) is 3.44. The number of hydrogen-bond donors (Lipinski definition) is 0. The Balaban J connectivity index is 3.30. The Morgan fingerprint density at radius 1 is 1.00 bits per heavy atom. The van der Waals surface area contributed by atoms with Gasteiger partial charge in [-0.15, -0.1) is 11.6 Å². The average molecular weight is 301 g/mol. The number of ketones is 1. The van der Waals surface area contributed by atoms with Crippen molar-refractivity contribution < 1.29 is 19.0 Å². The molecule has 0 spiro atoms. The number of alkyl halides is 1. The second kappa shape index (κ2) is 8.69. The van der Waals surface area contributed by atoms with E-state index in [-0.39, 0.29) is 18.1 Å². The highest BCUT2D eigenvalue weighted by molar-refractivity contribution is 6.19. The molecule has 0 aliphatic carbocycles. The molecule has 0 aliphatic heterocycles. The Hall–Kier alpha value is -1.42. The minimum Gasteiger partial charge on any atom is -0.490 e. The van der Waals surface area contributed by atoms with Crippen LogP contribution < -0.4 is 14.2 Å². The molecule has 0 aliphatic rings. The van der Waals surface area contributed by atoms with Crippen LogP contribution in [0.4, 0.5) is 0 Å². The minimum absolute atomic E-state index is 0.0625. The van der Waals surface area contributed by atoms with Gasteiger partial charge in [0.2, 0.25) is 5.75 Å². The molecule has 0 saturated carbocycles. The molecule has 0 fully saturated rings. The third-order valence-electron chi connectivity index (χ3n) is 2.58. The lowest BCUT2D eigenvalue weighted by Crippen LogP contribution is -2.08. The minimum atomic E-state index is -0.0625. The number of halogens is 1. The van der Waals surface area contributed by atoms with E-state index in [1.807, 2.05) is 20.8 Å². The highest BCUT2D eigenvalue weighted by Crippen LogP contribution is 2.41. The van der Waals surface area contributed by atoms with Gasteiger partial charge in [0.25, 0.3) is 0 Å². The Bertz CT molecular complexity index is 446. The summed E-state index contributed by atoms with van der Waals surface area (Å²) in [7, 11) is 0. The van der Waals surface area contributed by atoms with E-state index in [0.717, 1.165) is 0 Å². The Morgan fingerprint density at radius 2 is 1.60 bits per heavy atom. The van der Waals surface area contributed by atoms with Gasteiger partial charge in [-0.05, 0) is 32.9 Å². The van der Waals surface area contributed by atoms with Crippen molar-refractivity contribution in [2.24, 2.45) is 0 Å². The molecule has 0 N–H and O–H groups in total. The van der Waals surface area contributed by atoms with E-state index in [4.69, 9.17) is 25.8 Å². The summed E-state index contributed by atoms with van der Waals surface area (Å²) < 4.78 is 16.7. The van der Waals surface area contributed by atoms with Gasteiger partial charge in [0.15, 0.2) is 17.3 Å². The van der Waals surface area contributed by atoms with Crippen molar-refractivity contribution >= 4 is 17.4 Å². The van der Waals surface area contributed by atoms with E-state index in [0.29, 0.717) is 42.6 Å². The Labute approximate surface area is 125 Å². The standard InChI is InChI=1S/C15H21ClO4/c1-4-18-13-8-7-11(12(17)9-10-16)14(19-5-2)15(13)20-6-3/h7-8H,4-6,9-10H2,1-3H3. The highest BCUT2D eigenvalue weighted by Gasteiger charge is 2.21. The number of carbonyl (C=O) groups is 1. The van der Waals surface area contributed by atoms with Gasteiger partial charge < -0.3 is 14.2 Å². The summed E-state index contributed by atoms with van der Waals surface area (Å²) in [6.45, 7) is 7.05. The number of carbonyl (C=O) groups excluding carboxylic acids is 1. The summed E-state index contributed by atoms with van der Waals surface area (Å²) in [5.41, 5.74) is 0.486. The molecule has 1 aromatic rings. The second-order valence-electron chi connectivity index (χ2n) is 3.93. The van der Waals surface area contributed by atoms with Crippen LogP contribution in [0.2, 0.25) is 0 Å². The maximum Gasteiger partial charge on any atom is 0.204 e. The molecule has 112 valence electrons. The zero-order valence-electron chi connectivity index (χ0n) is 12.2. The van der Waals surface area contributed by atoms with Gasteiger partial charge in [0.1, 0.15) is 0 Å². The molecular weight excluding hydrogens is 280 g/mol. The topological polar surface area (TPSA) is 44.8 Å². The number of hydrogen-bond acceptors (Lipinski definition) is 4. The molecule has 0 saturated heterocycles. The molecule has 5 heteroatoms. The van der Waals surface area contributed by atoms with Crippen LogP contribution in [-0.2, 0) is 0 Å². The molecule has 0 amide bonds. The van der Waals surface area contributed by atoms with Crippen LogP contribution in [0.1, 0.15) is 37.6 Å². The first-order chi connectivity index (χ1) is 9.69. The lowest BCUT2D eigenvalue weighted by atomic mass is 10.1. The Kier molecular flexibility index (Phi) is 7.23. The first-order valence-corrected chi connectivity index (χ1v) is 7.37. The normalized spacial score (nSPS) is 10.2. The SMILES string of the molecule is CCOc1ccc(C(=O)CCCl)c(OCC)c1OCC. The van der Waals surface area contributed by atoms with Crippen LogP contribution >= 0.6 is 11.6 Å². The van der Waals surface area contributed by atoms with E-state index in [9.17, 15) is 4.79 Å². The number of rotatable bonds is 9. The van der Waals surface area contributed by atoms with Crippen LogP contribution in [0.15, 0.2) is 12.1 Å². The molecule has 0 atom stereocenters. The van der Waals surface area contributed by atoms with Crippen molar-refractivity contribution in [1.29, 1.82) is 0 Å². The van der Waals surface area contributed by atoms with Crippen LogP contribution in [0.5, 0.6) is 17.2 Å². The summed E-state index contributed by atoms with van der Waals surface area (Å²) in [5.74, 6) is 1.72. The molecule has 4 nitrogen and oxygen atoms in total. The monoisotopic (exact) mass is 300 g/mol. The maximum absolute atomic E-state index is 12.1. The molecule has 1 aromatic carbocycles. The number of benzene rings is 1. The van der Waals surface area contributed by atoms with Gasteiger partial charge >= 0.3 is 0 Å². The maximum atomic E-state index is 12.1. The lowest BCUT2D eigenvalue weighted by Gasteiger charge is -2.17. The molecule has 0 bridgehead atoms. The van der Waals surface area contributed by atoms with Gasteiger partial charge in [-0.2, -0.15) is 0 Å². The molecule has 20 heavy (non-hydrogen) atoms. The number of ether oxygens (including phenoxy) is 3. The van der Waals surface area contributed by atoms with E-state index < -0.39 is 0 Å². The van der Waals surface area contributed by atoms with E-state index in [1.54, 1.807) is 12.1 Å². The fourth-order valence-electron chi connectivity index (χ4n) is 1.82. The quantitative estimate of drug-likeness (QED) is 0.515. The van der Waals surface area contributed by atoms with Gasteiger partial charge in [-0.3, -0.25) is 4.79 Å². The molecule has 0 heterocycles. The third kappa shape index (κ3) is 4.04. The van der Waals surface area contributed by atoms with Gasteiger partial charge in [0.05, 0.1) is 25.4 Å². The zero-order chi connectivity index (χ0) is 15.0. The molecule has 1 rings (SSSR count). The molecule has 0 aromatic heterocycles. The molecular formula is C15H21ClO4. The first-order valence-electron chi connectivity index (χ1n) is 6.84. The van der Waals surface area contributed by atoms with Crippen LogP contribution in [0, 0.1) is 0 Å². The predicted molar refractivity (Wildman–Crippen MR) is 79.6 cm³/mol. The van der Waals surface area contributed by atoms with Crippen LogP contribution in [0.3, 0.4) is 0 Å². The lowest BCUT2D eigenvalue weighted by molar-refractivity contribution is 0.0984. The highest BCUT2D eigenvalue weighted by atomic mass is 35.5. The third-order valence-corrected chi connectivity index (χ3v) is 2.76. The average Bonchev–Trinajstić information content (AvgIpc) is 2.43. The first kappa shape index (κ1) is 16.6. The fourth-order valence-corrected chi connectivity index (χ4v) is 1.99. The fraction of sp³-hybridized carbons (Fsp3) is 0.533. The zero-order valence-corrected chi connectivity index (χ0v) is 13.0. The van der Waals surface area contributed by atoms with Crippen LogP contribution in [0.25, 0.3) is 0 Å². The summed E-state index contributed by atoms with van der Waals surface area (Å²) >= 11 is 5.64. The Morgan fingerprint density at radius 3 is 2.15 bits per heavy atom. The van der Waals surface area contributed by atoms with E-state index >= 15 is 0 Å². The van der Waals surface area contributed by atoms with Crippen molar-refractivity contribution in [3.8, 4) is 17.2 Å². The van der Waals surface area contributed by atoms with E-state index in [2.05, 4.69) is 0 Å². The summed E-state index contributed by atoms with van der Waals surface area (Å²) in [5, 5.41) is 0. The second-order valence-corrected chi connectivity index (χ2v) is 4.31. The smallest absolute Gasteiger partial charge is 0.204 e.